The van der Waals surface area contributed by atoms with E-state index in [9.17, 15) is 4.79 Å². The van der Waals surface area contributed by atoms with E-state index in [0.717, 1.165) is 44.6 Å². The van der Waals surface area contributed by atoms with Gasteiger partial charge in [-0.15, -0.1) is 0 Å². The maximum atomic E-state index is 12.0. The Labute approximate surface area is 133 Å². The Bertz CT molecular complexity index is 480. The quantitative estimate of drug-likeness (QED) is 0.905. The average Bonchev–Trinajstić information content (AvgIpc) is 2.53. The summed E-state index contributed by atoms with van der Waals surface area (Å²) in [5, 5.41) is 2.98. The number of amides is 2. The van der Waals surface area contributed by atoms with Crippen molar-refractivity contribution >= 4 is 6.03 Å². The van der Waals surface area contributed by atoms with Gasteiger partial charge >= 0.3 is 6.03 Å². The summed E-state index contributed by atoms with van der Waals surface area (Å²) in [4.78, 5) is 13.9. The van der Waals surface area contributed by atoms with Crippen LogP contribution in [0.25, 0.3) is 0 Å². The summed E-state index contributed by atoms with van der Waals surface area (Å²) in [6.07, 6.45) is 3.02. The van der Waals surface area contributed by atoms with Crippen molar-refractivity contribution < 1.29 is 9.53 Å². The molecule has 0 atom stereocenters. The SMILES string of the molecule is CCc1cccc(OC2CCN(C(=O)NCC(C)C)CC2)c1. The molecule has 4 nitrogen and oxygen atoms in total. The fourth-order valence-electron chi connectivity index (χ4n) is 2.61. The summed E-state index contributed by atoms with van der Waals surface area (Å²) in [6.45, 7) is 8.62. The Hall–Kier alpha value is -1.71. The van der Waals surface area contributed by atoms with Gasteiger partial charge in [-0.05, 0) is 30.0 Å². The summed E-state index contributed by atoms with van der Waals surface area (Å²) in [5.41, 5.74) is 1.29. The van der Waals surface area contributed by atoms with Crippen molar-refractivity contribution in [2.75, 3.05) is 19.6 Å². The minimum absolute atomic E-state index is 0.0557. The first-order chi connectivity index (χ1) is 10.6. The molecule has 22 heavy (non-hydrogen) atoms. The van der Waals surface area contributed by atoms with E-state index in [1.54, 1.807) is 0 Å². The van der Waals surface area contributed by atoms with Crippen LogP contribution in [0, 0.1) is 5.92 Å². The number of likely N-dealkylation sites (tertiary alicyclic amines) is 1. The number of urea groups is 1. The lowest BCUT2D eigenvalue weighted by molar-refractivity contribution is 0.111. The maximum Gasteiger partial charge on any atom is 0.317 e. The van der Waals surface area contributed by atoms with E-state index in [1.807, 2.05) is 17.0 Å². The van der Waals surface area contributed by atoms with Crippen molar-refractivity contribution in [1.29, 1.82) is 0 Å². The van der Waals surface area contributed by atoms with Crippen molar-refractivity contribution in [3.63, 3.8) is 0 Å². The fourth-order valence-corrected chi connectivity index (χ4v) is 2.61. The molecule has 0 bridgehead atoms. The number of carbonyl (C=O) groups excluding carboxylic acids is 1. The van der Waals surface area contributed by atoms with Gasteiger partial charge in [-0.25, -0.2) is 4.79 Å². The number of ether oxygens (including phenoxy) is 1. The molecule has 1 saturated heterocycles. The first-order valence-corrected chi connectivity index (χ1v) is 8.37. The monoisotopic (exact) mass is 304 g/mol. The smallest absolute Gasteiger partial charge is 0.317 e. The van der Waals surface area contributed by atoms with Gasteiger partial charge in [-0.3, -0.25) is 0 Å². The van der Waals surface area contributed by atoms with Gasteiger partial charge in [-0.1, -0.05) is 32.9 Å². The molecule has 4 heteroatoms. The largest absolute Gasteiger partial charge is 0.490 e. The first kappa shape index (κ1) is 16.7. The molecule has 1 aliphatic heterocycles. The molecule has 1 fully saturated rings. The molecule has 0 unspecified atom stereocenters. The van der Waals surface area contributed by atoms with E-state index < -0.39 is 0 Å². The minimum Gasteiger partial charge on any atom is -0.490 e. The van der Waals surface area contributed by atoms with Crippen LogP contribution in [0.4, 0.5) is 4.79 Å². The second kappa shape index (κ2) is 8.06. The minimum atomic E-state index is 0.0557. The number of hydrogen-bond acceptors (Lipinski definition) is 2. The molecular formula is C18H28N2O2. The van der Waals surface area contributed by atoms with Crippen LogP contribution in [0.1, 0.15) is 39.2 Å². The Balaban J connectivity index is 1.78. The van der Waals surface area contributed by atoms with Crippen LogP contribution < -0.4 is 10.1 Å². The fraction of sp³-hybridized carbons (Fsp3) is 0.611. The molecule has 122 valence electrons. The van der Waals surface area contributed by atoms with Gasteiger partial charge in [0.1, 0.15) is 11.9 Å². The molecule has 1 aromatic carbocycles. The van der Waals surface area contributed by atoms with Crippen molar-refractivity contribution in [3.8, 4) is 5.75 Å². The van der Waals surface area contributed by atoms with Crippen molar-refractivity contribution in [1.82, 2.24) is 10.2 Å². The van der Waals surface area contributed by atoms with Crippen LogP contribution in [0.5, 0.6) is 5.75 Å². The van der Waals surface area contributed by atoms with Gasteiger partial charge in [0, 0.05) is 32.5 Å². The highest BCUT2D eigenvalue weighted by atomic mass is 16.5. The van der Waals surface area contributed by atoms with Gasteiger partial charge < -0.3 is 15.0 Å². The van der Waals surface area contributed by atoms with E-state index in [4.69, 9.17) is 4.74 Å². The zero-order chi connectivity index (χ0) is 15.9. The third-order valence-electron chi connectivity index (χ3n) is 4.00. The number of piperidine rings is 1. The van der Waals surface area contributed by atoms with Crippen LogP contribution in [0.2, 0.25) is 0 Å². The third-order valence-corrected chi connectivity index (χ3v) is 4.00. The van der Waals surface area contributed by atoms with Crippen molar-refractivity contribution in [2.24, 2.45) is 5.92 Å². The molecule has 1 aliphatic rings. The predicted octanol–water partition coefficient (Wildman–Crippen LogP) is 3.46. The number of carbonyl (C=O) groups is 1. The van der Waals surface area contributed by atoms with Gasteiger partial charge in [0.25, 0.3) is 0 Å². The van der Waals surface area contributed by atoms with Gasteiger partial charge in [0.15, 0.2) is 0 Å². The Kier molecular flexibility index (Phi) is 6.10. The van der Waals surface area contributed by atoms with Crippen LogP contribution >= 0.6 is 0 Å². The van der Waals surface area contributed by atoms with Crippen molar-refractivity contribution in [2.45, 2.75) is 46.1 Å². The summed E-state index contributed by atoms with van der Waals surface area (Å²) >= 11 is 0. The summed E-state index contributed by atoms with van der Waals surface area (Å²) in [5.74, 6) is 1.43. The Morgan fingerprint density at radius 1 is 1.36 bits per heavy atom. The second-order valence-electron chi connectivity index (χ2n) is 6.39. The summed E-state index contributed by atoms with van der Waals surface area (Å²) in [6, 6.07) is 8.35. The van der Waals surface area contributed by atoms with Crippen molar-refractivity contribution in [3.05, 3.63) is 29.8 Å². The van der Waals surface area contributed by atoms with E-state index in [0.29, 0.717) is 5.92 Å². The molecule has 2 amide bonds. The molecule has 1 N–H and O–H groups in total. The maximum absolute atomic E-state index is 12.0. The molecular weight excluding hydrogens is 276 g/mol. The lowest BCUT2D eigenvalue weighted by Crippen LogP contribution is -2.47. The van der Waals surface area contributed by atoms with Crippen LogP contribution in [0.3, 0.4) is 0 Å². The third kappa shape index (κ3) is 4.93. The number of rotatable bonds is 5. The van der Waals surface area contributed by atoms with Gasteiger partial charge in [-0.2, -0.15) is 0 Å². The van der Waals surface area contributed by atoms with Crippen LogP contribution in [0.15, 0.2) is 24.3 Å². The molecule has 0 aromatic heterocycles. The molecule has 2 rings (SSSR count). The molecule has 0 radical (unpaired) electrons. The molecule has 0 saturated carbocycles. The highest BCUT2D eigenvalue weighted by molar-refractivity contribution is 5.74. The van der Waals surface area contributed by atoms with E-state index >= 15 is 0 Å². The second-order valence-corrected chi connectivity index (χ2v) is 6.39. The van der Waals surface area contributed by atoms with Crippen LogP contribution in [-0.4, -0.2) is 36.7 Å². The summed E-state index contributed by atoms with van der Waals surface area (Å²) < 4.78 is 6.07. The van der Waals surface area contributed by atoms with E-state index in [1.165, 1.54) is 5.56 Å². The van der Waals surface area contributed by atoms with E-state index in [2.05, 4.69) is 38.2 Å². The number of benzene rings is 1. The molecule has 1 aromatic rings. The zero-order valence-corrected chi connectivity index (χ0v) is 14.0. The predicted molar refractivity (Wildman–Crippen MR) is 89.3 cm³/mol. The summed E-state index contributed by atoms with van der Waals surface area (Å²) in [7, 11) is 0. The topological polar surface area (TPSA) is 41.6 Å². The Morgan fingerprint density at radius 3 is 2.73 bits per heavy atom. The zero-order valence-electron chi connectivity index (χ0n) is 14.0. The number of aryl methyl sites for hydroxylation is 1. The molecule has 0 spiro atoms. The first-order valence-electron chi connectivity index (χ1n) is 8.37. The molecule has 0 aliphatic carbocycles. The van der Waals surface area contributed by atoms with Crippen LogP contribution in [-0.2, 0) is 6.42 Å². The Morgan fingerprint density at radius 2 is 2.09 bits per heavy atom. The lowest BCUT2D eigenvalue weighted by atomic mass is 10.1. The highest BCUT2D eigenvalue weighted by Crippen LogP contribution is 2.20. The highest BCUT2D eigenvalue weighted by Gasteiger charge is 2.23. The van der Waals surface area contributed by atoms with Gasteiger partial charge in [0.2, 0.25) is 0 Å². The van der Waals surface area contributed by atoms with E-state index in [-0.39, 0.29) is 12.1 Å². The number of nitrogens with one attached hydrogen (secondary N) is 1. The normalized spacial score (nSPS) is 15.9. The lowest BCUT2D eigenvalue weighted by Gasteiger charge is -2.32. The number of nitrogens with zero attached hydrogens (tertiary/aromatic N) is 1. The standard InChI is InChI=1S/C18H28N2O2/c1-4-15-6-5-7-17(12-15)22-16-8-10-20(11-9-16)18(21)19-13-14(2)3/h5-7,12,14,16H,4,8-11,13H2,1-3H3,(H,19,21). The molecule has 1 heterocycles. The average molecular weight is 304 g/mol. The number of hydrogen-bond donors (Lipinski definition) is 1. The van der Waals surface area contributed by atoms with Gasteiger partial charge in [0.05, 0.1) is 0 Å².